The Morgan fingerprint density at radius 2 is 1.58 bits per heavy atom. The van der Waals surface area contributed by atoms with Crippen LogP contribution in [0.15, 0.2) is 54.6 Å². The number of phenolic OH excluding ortho intramolecular Hbond substituents is 1. The molecule has 0 saturated heterocycles. The minimum Gasteiger partial charge on any atom is -0.508 e. The van der Waals surface area contributed by atoms with Crippen molar-refractivity contribution in [3.05, 3.63) is 77.6 Å². The molecule has 0 aliphatic heterocycles. The van der Waals surface area contributed by atoms with E-state index in [9.17, 15) is 18.3 Å². The molecule has 33 heavy (non-hydrogen) atoms. The number of aromatic hydroxyl groups is 1. The number of phenols is 1. The lowest BCUT2D eigenvalue weighted by Crippen LogP contribution is -2.20. The predicted molar refractivity (Wildman–Crippen MR) is 121 cm³/mol. The first kappa shape index (κ1) is 23.0. The van der Waals surface area contributed by atoms with Gasteiger partial charge in [-0.2, -0.15) is 0 Å². The maximum absolute atomic E-state index is 14.9. The predicted octanol–water partition coefficient (Wildman–Crippen LogP) is 7.23. The van der Waals surface area contributed by atoms with Crippen molar-refractivity contribution in [3.63, 3.8) is 0 Å². The van der Waals surface area contributed by atoms with Crippen molar-refractivity contribution in [2.45, 2.75) is 38.5 Å². The highest BCUT2D eigenvalue weighted by molar-refractivity contribution is 5.65. The third-order valence-corrected chi connectivity index (χ3v) is 6.27. The Kier molecular flexibility index (Phi) is 7.11. The van der Waals surface area contributed by atoms with E-state index in [-0.39, 0.29) is 28.9 Å². The van der Waals surface area contributed by atoms with Crippen LogP contribution < -0.4 is 9.47 Å². The summed E-state index contributed by atoms with van der Waals surface area (Å²) in [5.74, 6) is -1.23. The zero-order valence-corrected chi connectivity index (χ0v) is 18.5. The van der Waals surface area contributed by atoms with Crippen LogP contribution in [0, 0.1) is 23.4 Å². The van der Waals surface area contributed by atoms with Gasteiger partial charge in [0.2, 0.25) is 0 Å². The summed E-state index contributed by atoms with van der Waals surface area (Å²) in [6.45, 7) is 2.68. The highest BCUT2D eigenvalue weighted by Crippen LogP contribution is 2.39. The number of halogens is 3. The van der Waals surface area contributed by atoms with Crippen LogP contribution in [0.1, 0.15) is 44.1 Å². The Balaban J connectivity index is 1.36. The molecule has 174 valence electrons. The van der Waals surface area contributed by atoms with Crippen molar-refractivity contribution < 1.29 is 27.8 Å². The molecule has 0 spiro atoms. The fourth-order valence-corrected chi connectivity index (χ4v) is 4.45. The van der Waals surface area contributed by atoms with Gasteiger partial charge in [-0.15, -0.1) is 0 Å². The van der Waals surface area contributed by atoms with Crippen molar-refractivity contribution >= 4 is 0 Å². The van der Waals surface area contributed by atoms with Gasteiger partial charge >= 0.3 is 0 Å². The number of benzene rings is 3. The van der Waals surface area contributed by atoms with Gasteiger partial charge in [0.05, 0.1) is 13.2 Å². The van der Waals surface area contributed by atoms with Crippen LogP contribution >= 0.6 is 0 Å². The molecule has 1 aliphatic carbocycles. The van der Waals surface area contributed by atoms with Crippen LogP contribution in [0.25, 0.3) is 11.1 Å². The highest BCUT2D eigenvalue weighted by atomic mass is 19.2. The maximum atomic E-state index is 14.9. The Bertz CT molecular complexity index is 1090. The third-order valence-electron chi connectivity index (χ3n) is 6.27. The number of ether oxygens (including phenoxy) is 2. The van der Waals surface area contributed by atoms with E-state index in [0.717, 1.165) is 12.8 Å². The fourth-order valence-electron chi connectivity index (χ4n) is 4.45. The van der Waals surface area contributed by atoms with Gasteiger partial charge in [0.25, 0.3) is 0 Å². The molecular weight excluding hydrogens is 429 g/mol. The lowest BCUT2D eigenvalue weighted by molar-refractivity contribution is 0.193. The molecule has 0 amide bonds. The van der Waals surface area contributed by atoms with Crippen LogP contribution in [-0.4, -0.2) is 18.3 Å². The first-order valence-corrected chi connectivity index (χ1v) is 11.3. The quantitative estimate of drug-likeness (QED) is 0.408. The number of hydrogen-bond acceptors (Lipinski definition) is 3. The molecular formula is C27H27F3O3. The van der Waals surface area contributed by atoms with Gasteiger partial charge in [0.1, 0.15) is 11.5 Å². The summed E-state index contributed by atoms with van der Waals surface area (Å²) in [5, 5.41) is 9.41. The zero-order valence-electron chi connectivity index (χ0n) is 18.5. The Morgan fingerprint density at radius 1 is 0.848 bits per heavy atom. The second kappa shape index (κ2) is 10.2. The van der Waals surface area contributed by atoms with E-state index in [2.05, 4.69) is 0 Å². The summed E-state index contributed by atoms with van der Waals surface area (Å²) in [4.78, 5) is 0. The minimum atomic E-state index is -0.866. The molecule has 0 radical (unpaired) electrons. The largest absolute Gasteiger partial charge is 0.508 e. The van der Waals surface area contributed by atoms with E-state index in [0.29, 0.717) is 42.9 Å². The van der Waals surface area contributed by atoms with Crippen molar-refractivity contribution in [2.24, 2.45) is 5.92 Å². The van der Waals surface area contributed by atoms with Crippen molar-refractivity contribution in [1.29, 1.82) is 0 Å². The first-order valence-electron chi connectivity index (χ1n) is 11.3. The molecule has 1 saturated carbocycles. The van der Waals surface area contributed by atoms with E-state index < -0.39 is 17.5 Å². The zero-order chi connectivity index (χ0) is 23.4. The van der Waals surface area contributed by atoms with Crippen LogP contribution in [-0.2, 0) is 0 Å². The Morgan fingerprint density at radius 3 is 2.24 bits per heavy atom. The summed E-state index contributed by atoms with van der Waals surface area (Å²) in [7, 11) is 0. The summed E-state index contributed by atoms with van der Waals surface area (Å²) in [5.41, 5.74) is 1.08. The van der Waals surface area contributed by atoms with E-state index >= 15 is 0 Å². The molecule has 0 aromatic heterocycles. The van der Waals surface area contributed by atoms with E-state index in [4.69, 9.17) is 9.47 Å². The summed E-state index contributed by atoms with van der Waals surface area (Å²) >= 11 is 0. The average Bonchev–Trinajstić information content (AvgIpc) is 2.82. The molecule has 1 aliphatic rings. The summed E-state index contributed by atoms with van der Waals surface area (Å²) in [6, 6.07) is 13.8. The van der Waals surface area contributed by atoms with Gasteiger partial charge in [-0.3, -0.25) is 0 Å². The van der Waals surface area contributed by atoms with Gasteiger partial charge in [0.15, 0.2) is 23.2 Å². The molecule has 1 fully saturated rings. The first-order chi connectivity index (χ1) is 16.0. The molecule has 1 N–H and O–H groups in total. The van der Waals surface area contributed by atoms with Crippen LogP contribution in [0.3, 0.4) is 0 Å². The normalized spacial score (nSPS) is 18.2. The molecule has 0 unspecified atom stereocenters. The van der Waals surface area contributed by atoms with Crippen LogP contribution in [0.2, 0.25) is 0 Å². The van der Waals surface area contributed by atoms with E-state index in [1.54, 1.807) is 36.4 Å². The van der Waals surface area contributed by atoms with Gasteiger partial charge in [-0.05, 0) is 79.8 Å². The maximum Gasteiger partial charge on any atom is 0.168 e. The van der Waals surface area contributed by atoms with Crippen molar-refractivity contribution in [1.82, 2.24) is 0 Å². The molecule has 3 nitrogen and oxygen atoms in total. The molecule has 6 heteroatoms. The number of rotatable bonds is 7. The summed E-state index contributed by atoms with van der Waals surface area (Å²) < 4.78 is 54.9. The van der Waals surface area contributed by atoms with Gasteiger partial charge in [0, 0.05) is 11.6 Å². The molecule has 0 atom stereocenters. The number of hydrogen-bond donors (Lipinski definition) is 1. The second-order valence-electron chi connectivity index (χ2n) is 8.43. The SMILES string of the molecule is CCOc1ccc(OCC2CCC(c3ccc(-c4ccc(O)cc4)c(F)c3F)CC2)c(F)c1. The highest BCUT2D eigenvalue weighted by Gasteiger charge is 2.27. The van der Waals surface area contributed by atoms with E-state index in [1.165, 1.54) is 18.2 Å². The molecule has 4 rings (SSSR count). The van der Waals surface area contributed by atoms with Gasteiger partial charge < -0.3 is 14.6 Å². The topological polar surface area (TPSA) is 38.7 Å². The average molecular weight is 457 g/mol. The van der Waals surface area contributed by atoms with Crippen LogP contribution in [0.5, 0.6) is 17.2 Å². The lowest BCUT2D eigenvalue weighted by atomic mass is 9.78. The Hall–Kier alpha value is -3.15. The second-order valence-corrected chi connectivity index (χ2v) is 8.43. The summed E-state index contributed by atoms with van der Waals surface area (Å²) in [6.07, 6.45) is 3.03. The molecule has 0 bridgehead atoms. The van der Waals surface area contributed by atoms with Crippen LogP contribution in [0.4, 0.5) is 13.2 Å². The molecule has 0 heterocycles. The third kappa shape index (κ3) is 5.27. The standard InChI is InChI=1S/C27H27F3O3/c1-2-32-21-11-14-25(24(28)15-21)33-16-17-3-5-18(6-4-17)22-12-13-23(27(30)26(22)29)19-7-9-20(31)10-8-19/h7-15,17-18,31H,2-6,16H2,1H3. The smallest absolute Gasteiger partial charge is 0.168 e. The van der Waals surface area contributed by atoms with Gasteiger partial charge in [-0.1, -0.05) is 24.3 Å². The van der Waals surface area contributed by atoms with Gasteiger partial charge in [-0.25, -0.2) is 13.2 Å². The lowest BCUT2D eigenvalue weighted by Gasteiger charge is -2.29. The fraction of sp³-hybridized carbons (Fsp3) is 0.333. The Labute approximate surface area is 191 Å². The van der Waals surface area contributed by atoms with Crippen molar-refractivity contribution in [3.8, 4) is 28.4 Å². The minimum absolute atomic E-state index is 0.0631. The van der Waals surface area contributed by atoms with Crippen molar-refractivity contribution in [2.75, 3.05) is 13.2 Å². The monoisotopic (exact) mass is 456 g/mol. The molecule has 3 aromatic rings. The molecule has 3 aromatic carbocycles. The van der Waals surface area contributed by atoms with E-state index in [1.807, 2.05) is 6.92 Å².